The minimum absolute atomic E-state index is 0.0985. The number of aromatic amines is 1. The van der Waals surface area contributed by atoms with Gasteiger partial charge in [-0.3, -0.25) is 14.8 Å². The summed E-state index contributed by atoms with van der Waals surface area (Å²) in [7, 11) is 1.64. The Kier molecular flexibility index (Phi) is 2.68. The molecule has 2 rings (SSSR count). The molecule has 1 aromatic heterocycles. The fraction of sp³-hybridized carbons (Fsp3) is 0.182. The van der Waals surface area contributed by atoms with Gasteiger partial charge < -0.3 is 0 Å². The molecule has 16 heavy (non-hydrogen) atoms. The van der Waals surface area contributed by atoms with Gasteiger partial charge in [0.05, 0.1) is 0 Å². The Bertz CT molecular complexity index is 492. The van der Waals surface area contributed by atoms with Gasteiger partial charge in [-0.1, -0.05) is 30.3 Å². The van der Waals surface area contributed by atoms with E-state index in [2.05, 4.69) is 15.2 Å². The molecule has 0 aliphatic heterocycles. The number of hydrogen-bond donors (Lipinski definition) is 1. The lowest BCUT2D eigenvalue weighted by Crippen LogP contribution is -2.23. The molecule has 5 nitrogen and oxygen atoms in total. The number of anilines is 1. The van der Waals surface area contributed by atoms with Gasteiger partial charge in [0.1, 0.15) is 0 Å². The molecule has 0 bridgehead atoms. The Hall–Kier alpha value is -2.17. The molecule has 0 unspecified atom stereocenters. The Morgan fingerprint density at radius 3 is 2.62 bits per heavy atom. The molecule has 0 atom stereocenters. The lowest BCUT2D eigenvalue weighted by molar-refractivity contribution is -0.116. The van der Waals surface area contributed by atoms with Gasteiger partial charge in [0.15, 0.2) is 5.82 Å². The number of aromatic nitrogens is 3. The molecule has 0 aliphatic rings. The van der Waals surface area contributed by atoms with E-state index in [4.69, 9.17) is 0 Å². The highest BCUT2D eigenvalue weighted by Crippen LogP contribution is 2.16. The number of carbonyl (C=O) groups is 1. The van der Waals surface area contributed by atoms with Gasteiger partial charge in [-0.05, 0) is 0 Å². The van der Waals surface area contributed by atoms with Crippen LogP contribution >= 0.6 is 0 Å². The fourth-order valence-electron chi connectivity index (χ4n) is 1.27. The second kappa shape index (κ2) is 4.14. The van der Waals surface area contributed by atoms with Gasteiger partial charge in [0.25, 0.3) is 5.95 Å². The predicted octanol–water partition coefficient (Wildman–Crippen LogP) is 1.45. The number of hydrogen-bond acceptors (Lipinski definition) is 3. The standard InChI is InChI=1S/C11H12N4O/c1-8(16)15(2)11-12-10(13-14-11)9-6-4-3-5-7-9/h3-7H,1-2H3,(H,12,13,14). The molecule has 2 aromatic rings. The lowest BCUT2D eigenvalue weighted by atomic mass is 10.2. The highest BCUT2D eigenvalue weighted by Gasteiger charge is 2.11. The van der Waals surface area contributed by atoms with Gasteiger partial charge in [0, 0.05) is 19.5 Å². The summed E-state index contributed by atoms with van der Waals surface area (Å²) < 4.78 is 0. The summed E-state index contributed by atoms with van der Waals surface area (Å²) in [5, 5.41) is 6.79. The number of amides is 1. The van der Waals surface area contributed by atoms with Crippen LogP contribution in [0.25, 0.3) is 11.4 Å². The largest absolute Gasteiger partial charge is 0.283 e. The van der Waals surface area contributed by atoms with Crippen LogP contribution in [0.3, 0.4) is 0 Å². The van der Waals surface area contributed by atoms with Crippen molar-refractivity contribution in [1.29, 1.82) is 0 Å². The highest BCUT2D eigenvalue weighted by atomic mass is 16.2. The predicted molar refractivity (Wildman–Crippen MR) is 60.9 cm³/mol. The number of rotatable bonds is 2. The van der Waals surface area contributed by atoms with E-state index < -0.39 is 0 Å². The normalized spacial score (nSPS) is 10.1. The maximum atomic E-state index is 11.1. The number of carbonyl (C=O) groups excluding carboxylic acids is 1. The van der Waals surface area contributed by atoms with Crippen molar-refractivity contribution in [3.63, 3.8) is 0 Å². The van der Waals surface area contributed by atoms with E-state index in [0.717, 1.165) is 5.56 Å². The summed E-state index contributed by atoms with van der Waals surface area (Å²) >= 11 is 0. The molecule has 0 fully saturated rings. The zero-order chi connectivity index (χ0) is 11.5. The van der Waals surface area contributed by atoms with Gasteiger partial charge in [-0.25, -0.2) is 0 Å². The third-order valence-corrected chi connectivity index (χ3v) is 2.29. The van der Waals surface area contributed by atoms with Crippen LogP contribution in [-0.4, -0.2) is 28.1 Å². The van der Waals surface area contributed by atoms with Crippen molar-refractivity contribution >= 4 is 11.9 Å². The molecular formula is C11H12N4O. The fourth-order valence-corrected chi connectivity index (χ4v) is 1.27. The van der Waals surface area contributed by atoms with Crippen LogP contribution < -0.4 is 4.90 Å². The number of benzene rings is 1. The van der Waals surface area contributed by atoms with Crippen molar-refractivity contribution in [2.24, 2.45) is 0 Å². The van der Waals surface area contributed by atoms with E-state index in [0.29, 0.717) is 11.8 Å². The minimum Gasteiger partial charge on any atom is -0.283 e. The summed E-state index contributed by atoms with van der Waals surface area (Å²) in [5.41, 5.74) is 0.943. The zero-order valence-electron chi connectivity index (χ0n) is 9.14. The second-order valence-corrected chi connectivity index (χ2v) is 3.43. The highest BCUT2D eigenvalue weighted by molar-refractivity contribution is 5.89. The molecule has 0 spiro atoms. The molecule has 82 valence electrons. The SMILES string of the molecule is CC(=O)N(C)c1n[nH]c(-c2ccccc2)n1. The first kappa shape index (κ1) is 10.4. The van der Waals surface area contributed by atoms with Gasteiger partial charge in [-0.2, -0.15) is 4.98 Å². The van der Waals surface area contributed by atoms with E-state index >= 15 is 0 Å². The first-order valence-corrected chi connectivity index (χ1v) is 4.90. The Balaban J connectivity index is 2.30. The van der Waals surface area contributed by atoms with Crippen LogP contribution in [0.2, 0.25) is 0 Å². The van der Waals surface area contributed by atoms with E-state index in [-0.39, 0.29) is 5.91 Å². The van der Waals surface area contributed by atoms with Crippen LogP contribution in [0.4, 0.5) is 5.95 Å². The quantitative estimate of drug-likeness (QED) is 0.826. The zero-order valence-corrected chi connectivity index (χ0v) is 9.14. The molecule has 0 saturated heterocycles. The van der Waals surface area contributed by atoms with Crippen LogP contribution in [0.15, 0.2) is 30.3 Å². The van der Waals surface area contributed by atoms with Crippen molar-refractivity contribution in [1.82, 2.24) is 15.2 Å². The van der Waals surface area contributed by atoms with E-state index in [1.165, 1.54) is 11.8 Å². The number of nitrogens with one attached hydrogen (secondary N) is 1. The first-order valence-electron chi connectivity index (χ1n) is 4.90. The van der Waals surface area contributed by atoms with Crippen LogP contribution in [0.5, 0.6) is 0 Å². The van der Waals surface area contributed by atoms with Crippen LogP contribution in [0, 0.1) is 0 Å². The van der Waals surface area contributed by atoms with E-state index in [9.17, 15) is 4.79 Å². The maximum Gasteiger partial charge on any atom is 0.251 e. The summed E-state index contributed by atoms with van der Waals surface area (Å²) in [6.07, 6.45) is 0. The third-order valence-electron chi connectivity index (χ3n) is 2.29. The molecule has 0 radical (unpaired) electrons. The van der Waals surface area contributed by atoms with Crippen LogP contribution in [-0.2, 0) is 4.79 Å². The van der Waals surface area contributed by atoms with Gasteiger partial charge in [-0.15, -0.1) is 5.10 Å². The summed E-state index contributed by atoms with van der Waals surface area (Å²) in [5.74, 6) is 0.939. The molecular weight excluding hydrogens is 204 g/mol. The summed E-state index contributed by atoms with van der Waals surface area (Å²) in [4.78, 5) is 16.8. The summed E-state index contributed by atoms with van der Waals surface area (Å²) in [6, 6.07) is 9.64. The number of nitrogens with zero attached hydrogens (tertiary/aromatic N) is 3. The maximum absolute atomic E-state index is 11.1. The number of H-pyrrole nitrogens is 1. The molecule has 1 heterocycles. The van der Waals surface area contributed by atoms with Crippen molar-refractivity contribution in [3.8, 4) is 11.4 Å². The smallest absolute Gasteiger partial charge is 0.251 e. The van der Waals surface area contributed by atoms with E-state index in [1.807, 2.05) is 30.3 Å². The summed E-state index contributed by atoms with van der Waals surface area (Å²) in [6.45, 7) is 1.47. The Morgan fingerprint density at radius 2 is 2.00 bits per heavy atom. The minimum atomic E-state index is -0.0985. The van der Waals surface area contributed by atoms with Crippen molar-refractivity contribution in [3.05, 3.63) is 30.3 Å². The van der Waals surface area contributed by atoms with Crippen molar-refractivity contribution < 1.29 is 4.79 Å². The average Bonchev–Trinajstić information content (AvgIpc) is 2.78. The molecule has 0 aliphatic carbocycles. The molecule has 5 heteroatoms. The van der Waals surface area contributed by atoms with Gasteiger partial charge in [0.2, 0.25) is 5.91 Å². The molecule has 1 amide bonds. The van der Waals surface area contributed by atoms with Crippen LogP contribution in [0.1, 0.15) is 6.92 Å². The average molecular weight is 216 g/mol. The monoisotopic (exact) mass is 216 g/mol. The second-order valence-electron chi connectivity index (χ2n) is 3.43. The Labute approximate surface area is 93.1 Å². The van der Waals surface area contributed by atoms with Gasteiger partial charge >= 0.3 is 0 Å². The van der Waals surface area contributed by atoms with Crippen molar-refractivity contribution in [2.75, 3.05) is 11.9 Å². The third kappa shape index (κ3) is 1.93. The van der Waals surface area contributed by atoms with Crippen molar-refractivity contribution in [2.45, 2.75) is 6.92 Å². The Morgan fingerprint density at radius 1 is 1.31 bits per heavy atom. The molecule has 1 aromatic carbocycles. The van der Waals surface area contributed by atoms with E-state index in [1.54, 1.807) is 7.05 Å². The molecule has 1 N–H and O–H groups in total. The lowest BCUT2D eigenvalue weighted by Gasteiger charge is -2.07. The topological polar surface area (TPSA) is 61.9 Å². The molecule has 0 saturated carbocycles. The first-order chi connectivity index (χ1) is 7.68.